The van der Waals surface area contributed by atoms with Crippen molar-refractivity contribution in [1.82, 2.24) is 4.57 Å². The predicted octanol–water partition coefficient (Wildman–Crippen LogP) is 6.63. The van der Waals surface area contributed by atoms with Crippen LogP contribution in [0.4, 0.5) is 4.39 Å². The molecule has 0 N–H and O–H groups in total. The Morgan fingerprint density at radius 3 is 2.43 bits per heavy atom. The third-order valence-corrected chi connectivity index (χ3v) is 5.82. The number of hydrogen-bond acceptors (Lipinski definition) is 4. The summed E-state index contributed by atoms with van der Waals surface area (Å²) in [5, 5.41) is 4.35. The lowest BCUT2D eigenvalue weighted by Gasteiger charge is -2.13. The minimum absolute atomic E-state index is 0.213. The second-order valence-corrected chi connectivity index (χ2v) is 8.35. The molecular weight excluding hydrogens is 443 g/mol. The molecule has 0 aliphatic rings. The fourth-order valence-electron chi connectivity index (χ4n) is 4.06. The average Bonchev–Trinajstić information content (AvgIpc) is 3.21. The van der Waals surface area contributed by atoms with Crippen LogP contribution in [0.2, 0.25) is 0 Å². The van der Waals surface area contributed by atoms with E-state index in [1.54, 1.807) is 30.3 Å². The zero-order valence-electron chi connectivity index (χ0n) is 20.2. The van der Waals surface area contributed by atoms with Crippen molar-refractivity contribution in [1.29, 1.82) is 0 Å². The molecule has 4 rings (SSSR count). The summed E-state index contributed by atoms with van der Waals surface area (Å²) in [7, 11) is 1.35. The zero-order chi connectivity index (χ0) is 24.9. The van der Waals surface area contributed by atoms with Crippen LogP contribution in [0.15, 0.2) is 84.0 Å². The summed E-state index contributed by atoms with van der Waals surface area (Å²) < 4.78 is 20.5. The Hall–Kier alpha value is -4.19. The van der Waals surface area contributed by atoms with E-state index in [0.29, 0.717) is 11.3 Å². The molecule has 0 spiro atoms. The molecule has 0 atom stereocenters. The first kappa shape index (κ1) is 24.0. The van der Waals surface area contributed by atoms with E-state index >= 15 is 0 Å². The van der Waals surface area contributed by atoms with Gasteiger partial charge in [-0.1, -0.05) is 29.4 Å². The van der Waals surface area contributed by atoms with Crippen molar-refractivity contribution in [2.24, 2.45) is 5.16 Å². The number of aromatic nitrogens is 1. The van der Waals surface area contributed by atoms with Gasteiger partial charge < -0.3 is 14.1 Å². The smallest absolute Gasteiger partial charge is 0.337 e. The molecule has 0 fully saturated rings. The number of hydrogen-bond donors (Lipinski definition) is 0. The van der Waals surface area contributed by atoms with Crippen LogP contribution in [0.25, 0.3) is 16.9 Å². The molecule has 0 unspecified atom stereocenters. The quantitative estimate of drug-likeness (QED) is 0.173. The maximum atomic E-state index is 13.6. The highest BCUT2D eigenvalue weighted by Gasteiger charge is 2.17. The summed E-state index contributed by atoms with van der Waals surface area (Å²) >= 11 is 0. The van der Waals surface area contributed by atoms with Gasteiger partial charge in [-0.15, -0.1) is 0 Å². The molecule has 4 aromatic rings. The SMILES string of the molecule is COC(=O)c1cccc(CON=C(C)c2cc(-c3ccc(F)cc3)n(-c3cccc(C)c3)c2C)c1. The second kappa shape index (κ2) is 10.4. The Kier molecular flexibility index (Phi) is 7.11. The number of rotatable bonds is 7. The number of ether oxygens (including phenoxy) is 1. The Balaban J connectivity index is 1.66. The van der Waals surface area contributed by atoms with Gasteiger partial charge >= 0.3 is 5.97 Å². The van der Waals surface area contributed by atoms with E-state index in [2.05, 4.69) is 28.8 Å². The lowest BCUT2D eigenvalue weighted by atomic mass is 10.1. The van der Waals surface area contributed by atoms with Gasteiger partial charge in [0.15, 0.2) is 0 Å². The highest BCUT2D eigenvalue weighted by atomic mass is 19.1. The van der Waals surface area contributed by atoms with Gasteiger partial charge in [0, 0.05) is 16.9 Å². The fourth-order valence-corrected chi connectivity index (χ4v) is 4.06. The van der Waals surface area contributed by atoms with Crippen LogP contribution in [0.5, 0.6) is 0 Å². The largest absolute Gasteiger partial charge is 0.465 e. The fraction of sp³-hybridized carbons (Fsp3) is 0.172. The van der Waals surface area contributed by atoms with E-state index in [-0.39, 0.29) is 12.4 Å². The van der Waals surface area contributed by atoms with E-state index in [1.165, 1.54) is 19.2 Å². The molecule has 1 heterocycles. The van der Waals surface area contributed by atoms with Crippen molar-refractivity contribution < 1.29 is 18.8 Å². The molecule has 0 bridgehead atoms. The van der Waals surface area contributed by atoms with Crippen molar-refractivity contribution in [3.63, 3.8) is 0 Å². The number of benzene rings is 3. The number of aryl methyl sites for hydroxylation is 1. The first-order valence-corrected chi connectivity index (χ1v) is 11.3. The van der Waals surface area contributed by atoms with Crippen LogP contribution in [-0.2, 0) is 16.2 Å². The molecule has 0 saturated carbocycles. The van der Waals surface area contributed by atoms with E-state index in [4.69, 9.17) is 9.57 Å². The maximum Gasteiger partial charge on any atom is 0.337 e. The van der Waals surface area contributed by atoms with E-state index in [0.717, 1.165) is 39.3 Å². The van der Waals surface area contributed by atoms with Crippen molar-refractivity contribution in [3.05, 3.63) is 113 Å². The second-order valence-electron chi connectivity index (χ2n) is 8.35. The van der Waals surface area contributed by atoms with Crippen molar-refractivity contribution in [3.8, 4) is 16.9 Å². The normalized spacial score (nSPS) is 11.4. The van der Waals surface area contributed by atoms with Gasteiger partial charge in [0.1, 0.15) is 12.4 Å². The Labute approximate surface area is 204 Å². The summed E-state index contributed by atoms with van der Waals surface area (Å²) in [5.74, 6) is -0.672. The van der Waals surface area contributed by atoms with Crippen molar-refractivity contribution >= 4 is 11.7 Å². The first-order valence-electron chi connectivity index (χ1n) is 11.3. The maximum absolute atomic E-state index is 13.6. The lowest BCUT2D eigenvalue weighted by molar-refractivity contribution is 0.0600. The minimum Gasteiger partial charge on any atom is -0.465 e. The van der Waals surface area contributed by atoms with Crippen LogP contribution in [0.1, 0.15) is 39.7 Å². The predicted molar refractivity (Wildman–Crippen MR) is 135 cm³/mol. The third-order valence-electron chi connectivity index (χ3n) is 5.82. The standard InChI is InChI=1S/C29H27FN2O3/c1-19-7-5-10-26(15-19)32-21(3)27(17-28(32)23-11-13-25(30)14-12-23)20(2)31-35-18-22-8-6-9-24(16-22)29(33)34-4/h5-17H,18H2,1-4H3. The molecule has 0 saturated heterocycles. The van der Waals surface area contributed by atoms with Crippen molar-refractivity contribution in [2.45, 2.75) is 27.4 Å². The third kappa shape index (κ3) is 5.32. The number of halogens is 1. The van der Waals surface area contributed by atoms with Crippen LogP contribution in [-0.4, -0.2) is 23.4 Å². The molecule has 1 aromatic heterocycles. The molecule has 5 nitrogen and oxygen atoms in total. The molecule has 6 heteroatoms. The summed E-state index contributed by atoms with van der Waals surface area (Å²) in [6.07, 6.45) is 0. The van der Waals surface area contributed by atoms with Gasteiger partial charge in [-0.2, -0.15) is 0 Å². The first-order chi connectivity index (χ1) is 16.9. The van der Waals surface area contributed by atoms with Gasteiger partial charge in [-0.05, 0) is 92.1 Å². The number of nitrogens with zero attached hydrogens (tertiary/aromatic N) is 2. The van der Waals surface area contributed by atoms with Gasteiger partial charge in [-0.25, -0.2) is 9.18 Å². The molecular formula is C29H27FN2O3. The molecule has 0 aliphatic carbocycles. The number of carbonyl (C=O) groups is 1. The molecule has 178 valence electrons. The lowest BCUT2D eigenvalue weighted by Crippen LogP contribution is -2.03. The summed E-state index contributed by atoms with van der Waals surface area (Å²) in [6, 6.07) is 23.8. The van der Waals surface area contributed by atoms with Crippen LogP contribution >= 0.6 is 0 Å². The van der Waals surface area contributed by atoms with E-state index < -0.39 is 5.97 Å². The molecule has 35 heavy (non-hydrogen) atoms. The average molecular weight is 471 g/mol. The topological polar surface area (TPSA) is 52.8 Å². The molecule has 3 aromatic carbocycles. The number of methoxy groups -OCH3 is 1. The molecule has 0 amide bonds. The zero-order valence-corrected chi connectivity index (χ0v) is 20.2. The molecule has 0 aliphatic heterocycles. The summed E-state index contributed by atoms with van der Waals surface area (Å²) in [6.45, 7) is 6.19. The van der Waals surface area contributed by atoms with E-state index in [1.807, 2.05) is 38.1 Å². The number of carbonyl (C=O) groups excluding carboxylic acids is 1. The Bertz CT molecular complexity index is 1390. The minimum atomic E-state index is -0.395. The summed E-state index contributed by atoms with van der Waals surface area (Å²) in [5.41, 5.74) is 7.89. The number of oxime groups is 1. The van der Waals surface area contributed by atoms with Gasteiger partial charge in [0.2, 0.25) is 0 Å². The van der Waals surface area contributed by atoms with Gasteiger partial charge in [0.05, 0.1) is 24.1 Å². The van der Waals surface area contributed by atoms with Crippen molar-refractivity contribution in [2.75, 3.05) is 7.11 Å². The van der Waals surface area contributed by atoms with Crippen LogP contribution < -0.4 is 0 Å². The number of esters is 1. The summed E-state index contributed by atoms with van der Waals surface area (Å²) in [4.78, 5) is 17.4. The van der Waals surface area contributed by atoms with Gasteiger partial charge in [0.25, 0.3) is 0 Å². The van der Waals surface area contributed by atoms with Crippen LogP contribution in [0, 0.1) is 19.7 Å². The Morgan fingerprint density at radius 2 is 1.71 bits per heavy atom. The Morgan fingerprint density at radius 1 is 0.971 bits per heavy atom. The van der Waals surface area contributed by atoms with E-state index in [9.17, 15) is 9.18 Å². The molecule has 0 radical (unpaired) electrons. The monoisotopic (exact) mass is 470 g/mol. The van der Waals surface area contributed by atoms with Gasteiger partial charge in [-0.3, -0.25) is 0 Å². The van der Waals surface area contributed by atoms with Crippen LogP contribution in [0.3, 0.4) is 0 Å². The highest BCUT2D eigenvalue weighted by molar-refractivity contribution is 6.01. The highest BCUT2D eigenvalue weighted by Crippen LogP contribution is 2.30.